The Kier molecular flexibility index (Phi) is 3.13. The van der Waals surface area contributed by atoms with Gasteiger partial charge in [-0.15, -0.1) is 4.91 Å². The Morgan fingerprint density at radius 3 is 2.67 bits per heavy atom. The van der Waals surface area contributed by atoms with Crippen LogP contribution in [0.4, 0.5) is 0 Å². The van der Waals surface area contributed by atoms with Crippen LogP contribution >= 0.6 is 0 Å². The van der Waals surface area contributed by atoms with Crippen molar-refractivity contribution in [3.63, 3.8) is 0 Å². The van der Waals surface area contributed by atoms with Crippen molar-refractivity contribution in [1.29, 1.82) is 0 Å². The molecule has 82 valence electrons. The number of hydrogen-bond acceptors (Lipinski definition) is 6. The van der Waals surface area contributed by atoms with Gasteiger partial charge in [-0.05, 0) is 19.0 Å². The summed E-state index contributed by atoms with van der Waals surface area (Å²) in [5.41, 5.74) is -1.05. The van der Waals surface area contributed by atoms with Gasteiger partial charge < -0.3 is 4.74 Å². The quantitative estimate of drug-likeness (QED) is 0.546. The van der Waals surface area contributed by atoms with Crippen LogP contribution in [0.15, 0.2) is 17.8 Å². The van der Waals surface area contributed by atoms with E-state index in [1.807, 2.05) is 0 Å². The molecule has 15 heavy (non-hydrogen) atoms. The molecule has 0 spiro atoms. The van der Waals surface area contributed by atoms with Crippen molar-refractivity contribution < 1.29 is 9.53 Å². The van der Waals surface area contributed by atoms with E-state index in [0.717, 1.165) is 0 Å². The molecule has 0 aliphatic carbocycles. The van der Waals surface area contributed by atoms with Gasteiger partial charge in [0.2, 0.25) is 6.17 Å². The molecule has 7 nitrogen and oxygen atoms in total. The Bertz CT molecular complexity index is 347. The summed E-state index contributed by atoms with van der Waals surface area (Å²) in [6.07, 6.45) is 1.70. The zero-order valence-electron chi connectivity index (χ0n) is 8.75. The fourth-order valence-corrected chi connectivity index (χ4v) is 1.26. The van der Waals surface area contributed by atoms with Crippen LogP contribution in [0.1, 0.15) is 26.9 Å². The lowest BCUT2D eigenvalue weighted by Gasteiger charge is -2.28. The predicted octanol–water partition coefficient (Wildman–Crippen LogP) is 0.885. The minimum absolute atomic E-state index is 0.478. The summed E-state index contributed by atoms with van der Waals surface area (Å²) in [5.74, 6) is -0.478. The van der Waals surface area contributed by atoms with E-state index in [-0.39, 0.29) is 0 Å². The third-order valence-electron chi connectivity index (χ3n) is 1.82. The van der Waals surface area contributed by atoms with E-state index in [0.29, 0.717) is 0 Å². The number of ether oxygens (including phenoxy) is 1. The maximum absolute atomic E-state index is 10.8. The average Bonchev–Trinajstić information content (AvgIpc) is 2.54. The van der Waals surface area contributed by atoms with Crippen LogP contribution < -0.4 is 0 Å². The first kappa shape index (κ1) is 11.3. The molecule has 0 fully saturated rings. The number of nitrogens with zero attached hydrogens (tertiary/aromatic N) is 4. The van der Waals surface area contributed by atoms with E-state index >= 15 is 0 Å². The number of carbonyl (C=O) groups is 1. The second-order valence-electron chi connectivity index (χ2n) is 3.55. The van der Waals surface area contributed by atoms with E-state index < -0.39 is 17.7 Å². The second-order valence-corrected chi connectivity index (χ2v) is 3.55. The van der Waals surface area contributed by atoms with Crippen molar-refractivity contribution in [2.75, 3.05) is 0 Å². The number of rotatable bonds is 4. The highest BCUT2D eigenvalue weighted by molar-refractivity contribution is 5.66. The van der Waals surface area contributed by atoms with Crippen LogP contribution in [-0.4, -0.2) is 26.3 Å². The van der Waals surface area contributed by atoms with Crippen LogP contribution in [-0.2, 0) is 9.53 Å². The molecule has 1 aromatic heterocycles. The van der Waals surface area contributed by atoms with E-state index in [1.165, 1.54) is 24.3 Å². The lowest BCUT2D eigenvalue weighted by atomic mass is 10.1. The number of aromatic nitrogens is 3. The van der Waals surface area contributed by atoms with E-state index in [9.17, 15) is 9.70 Å². The molecule has 0 amide bonds. The van der Waals surface area contributed by atoms with Gasteiger partial charge in [-0.2, -0.15) is 5.10 Å². The largest absolute Gasteiger partial charge is 0.455 e. The predicted molar refractivity (Wildman–Crippen MR) is 50.7 cm³/mol. The second kappa shape index (κ2) is 4.16. The summed E-state index contributed by atoms with van der Waals surface area (Å²) in [6, 6.07) is 0. The normalized spacial score (nSPS) is 13.3. The third-order valence-corrected chi connectivity index (χ3v) is 1.82. The Morgan fingerprint density at radius 2 is 2.27 bits per heavy atom. The first-order valence-corrected chi connectivity index (χ1v) is 4.33. The van der Waals surface area contributed by atoms with Gasteiger partial charge in [-0.1, -0.05) is 0 Å². The van der Waals surface area contributed by atoms with Gasteiger partial charge in [0.15, 0.2) is 5.60 Å². The smallest absolute Gasteiger partial charge is 0.303 e. The Morgan fingerprint density at radius 1 is 1.60 bits per heavy atom. The van der Waals surface area contributed by atoms with Crippen molar-refractivity contribution >= 4 is 5.97 Å². The van der Waals surface area contributed by atoms with Gasteiger partial charge in [0.05, 0.1) is 0 Å². The molecular formula is C8H12N4O3. The van der Waals surface area contributed by atoms with Crippen molar-refractivity contribution in [3.8, 4) is 0 Å². The Hall–Kier alpha value is -1.79. The summed E-state index contributed by atoms with van der Waals surface area (Å²) in [4.78, 5) is 25.2. The van der Waals surface area contributed by atoms with E-state index in [2.05, 4.69) is 15.3 Å². The Balaban J connectivity index is 2.91. The average molecular weight is 212 g/mol. The highest BCUT2D eigenvalue weighted by Gasteiger charge is 2.36. The molecule has 0 radical (unpaired) electrons. The zero-order valence-corrected chi connectivity index (χ0v) is 8.75. The van der Waals surface area contributed by atoms with Gasteiger partial charge in [0.25, 0.3) is 0 Å². The molecule has 0 saturated heterocycles. The summed E-state index contributed by atoms with van der Waals surface area (Å²) < 4.78 is 6.24. The van der Waals surface area contributed by atoms with Crippen molar-refractivity contribution in [3.05, 3.63) is 17.6 Å². The lowest BCUT2D eigenvalue weighted by Crippen LogP contribution is -2.37. The molecule has 0 aliphatic rings. The fourth-order valence-electron chi connectivity index (χ4n) is 1.26. The molecule has 0 N–H and O–H groups in total. The summed E-state index contributed by atoms with van der Waals surface area (Å²) >= 11 is 0. The topological polar surface area (TPSA) is 86.4 Å². The van der Waals surface area contributed by atoms with Gasteiger partial charge in [-0.25, -0.2) is 9.67 Å². The molecule has 0 aliphatic heterocycles. The number of carbonyl (C=O) groups excluding carboxylic acids is 1. The van der Waals surface area contributed by atoms with Crippen LogP contribution in [0.3, 0.4) is 0 Å². The van der Waals surface area contributed by atoms with E-state index in [4.69, 9.17) is 4.74 Å². The van der Waals surface area contributed by atoms with Crippen molar-refractivity contribution in [2.24, 2.45) is 5.18 Å². The number of esters is 1. The molecule has 1 unspecified atom stereocenters. The van der Waals surface area contributed by atoms with E-state index in [1.54, 1.807) is 13.8 Å². The molecular weight excluding hydrogens is 200 g/mol. The maximum Gasteiger partial charge on any atom is 0.303 e. The molecule has 1 heterocycles. The van der Waals surface area contributed by atoms with Crippen molar-refractivity contribution in [2.45, 2.75) is 32.5 Å². The minimum atomic E-state index is -1.05. The monoisotopic (exact) mass is 212 g/mol. The summed E-state index contributed by atoms with van der Waals surface area (Å²) in [6.45, 7) is 4.44. The molecule has 1 aromatic rings. The summed E-state index contributed by atoms with van der Waals surface area (Å²) in [5, 5.41) is 6.67. The van der Waals surface area contributed by atoms with Crippen LogP contribution in [0.5, 0.6) is 0 Å². The molecule has 0 bridgehead atoms. The van der Waals surface area contributed by atoms with Crippen LogP contribution in [0.25, 0.3) is 0 Å². The van der Waals surface area contributed by atoms with Crippen LogP contribution in [0.2, 0.25) is 0 Å². The standard InChI is InChI=1S/C8H12N4O3/c1-6(13)15-8(2,3)7(11-14)12-5-9-4-10-12/h4-5,7H,1-3H3. The van der Waals surface area contributed by atoms with Gasteiger partial charge in [-0.3, -0.25) is 4.79 Å². The lowest BCUT2D eigenvalue weighted by molar-refractivity contribution is -0.158. The fraction of sp³-hybridized carbons (Fsp3) is 0.625. The van der Waals surface area contributed by atoms with Crippen LogP contribution in [0, 0.1) is 4.91 Å². The van der Waals surface area contributed by atoms with Crippen molar-refractivity contribution in [1.82, 2.24) is 14.8 Å². The highest BCUT2D eigenvalue weighted by atomic mass is 16.6. The van der Waals surface area contributed by atoms with Gasteiger partial charge in [0, 0.05) is 6.92 Å². The third kappa shape index (κ3) is 2.58. The van der Waals surface area contributed by atoms with Gasteiger partial charge in [0.1, 0.15) is 12.7 Å². The molecule has 1 atom stereocenters. The SMILES string of the molecule is CC(=O)OC(C)(C)C(N=O)n1cncn1. The number of hydrogen-bond donors (Lipinski definition) is 0. The minimum Gasteiger partial charge on any atom is -0.455 e. The Labute approximate surface area is 86.4 Å². The van der Waals surface area contributed by atoms with Gasteiger partial charge >= 0.3 is 5.97 Å². The summed E-state index contributed by atoms with van der Waals surface area (Å²) in [7, 11) is 0. The highest BCUT2D eigenvalue weighted by Crippen LogP contribution is 2.26. The molecule has 1 rings (SSSR count). The molecule has 0 aromatic carbocycles. The first-order chi connectivity index (χ1) is 6.97. The molecule has 0 saturated carbocycles. The molecule has 7 heteroatoms. The zero-order chi connectivity index (χ0) is 11.5. The number of nitroso groups, excluding NO2 is 1. The first-order valence-electron chi connectivity index (χ1n) is 4.33. The maximum atomic E-state index is 10.8.